The monoisotopic (exact) mass is 356 g/mol. The standard InChI is InChI=1S/C16H13BrN4O/c17-13-5-2-4-12(8-13)15-18-10-19-16(21-15)20-14-6-1-3-11(7-14)9-22/h1-8,10,22H,9H2,(H,18,19,20,21). The molecule has 0 bridgehead atoms. The predicted octanol–water partition coefficient (Wildman–Crippen LogP) is 3.54. The second-order valence-electron chi connectivity index (χ2n) is 4.63. The van der Waals surface area contributed by atoms with Crippen LogP contribution in [0.3, 0.4) is 0 Å². The van der Waals surface area contributed by atoms with Gasteiger partial charge in [-0.3, -0.25) is 0 Å². The molecule has 2 N–H and O–H groups in total. The Morgan fingerprint density at radius 2 is 1.91 bits per heavy atom. The first kappa shape index (κ1) is 14.6. The fourth-order valence-electron chi connectivity index (χ4n) is 2.00. The van der Waals surface area contributed by atoms with Crippen molar-refractivity contribution in [3.63, 3.8) is 0 Å². The molecule has 5 nitrogen and oxygen atoms in total. The number of nitrogens with zero attached hydrogens (tertiary/aromatic N) is 3. The Bertz CT molecular complexity index is 794. The lowest BCUT2D eigenvalue weighted by Gasteiger charge is -2.07. The largest absolute Gasteiger partial charge is 0.392 e. The van der Waals surface area contributed by atoms with E-state index in [1.807, 2.05) is 48.5 Å². The van der Waals surface area contributed by atoms with Gasteiger partial charge in [0.1, 0.15) is 6.33 Å². The van der Waals surface area contributed by atoms with E-state index in [9.17, 15) is 5.11 Å². The highest BCUT2D eigenvalue weighted by Gasteiger charge is 2.05. The highest BCUT2D eigenvalue weighted by atomic mass is 79.9. The summed E-state index contributed by atoms with van der Waals surface area (Å²) in [5.74, 6) is 1.05. The van der Waals surface area contributed by atoms with Gasteiger partial charge < -0.3 is 10.4 Å². The predicted molar refractivity (Wildman–Crippen MR) is 88.6 cm³/mol. The molecule has 0 aliphatic carbocycles. The SMILES string of the molecule is OCc1cccc(Nc2ncnc(-c3cccc(Br)c3)n2)c1. The van der Waals surface area contributed by atoms with Crippen LogP contribution in [0.1, 0.15) is 5.56 Å². The topological polar surface area (TPSA) is 70.9 Å². The van der Waals surface area contributed by atoms with Crippen LogP contribution in [0, 0.1) is 0 Å². The summed E-state index contributed by atoms with van der Waals surface area (Å²) in [6.45, 7) is -0.00395. The number of hydrogen-bond donors (Lipinski definition) is 2. The minimum atomic E-state index is -0.00395. The Balaban J connectivity index is 1.88. The fourth-order valence-corrected chi connectivity index (χ4v) is 2.40. The number of aromatic nitrogens is 3. The van der Waals surface area contributed by atoms with Crippen molar-refractivity contribution in [2.45, 2.75) is 6.61 Å². The third kappa shape index (κ3) is 3.47. The molecule has 110 valence electrons. The number of rotatable bonds is 4. The van der Waals surface area contributed by atoms with Crippen LogP contribution >= 0.6 is 15.9 Å². The van der Waals surface area contributed by atoms with Crippen LogP contribution in [0.5, 0.6) is 0 Å². The molecule has 0 amide bonds. The number of benzene rings is 2. The summed E-state index contributed by atoms with van der Waals surface area (Å²) >= 11 is 3.44. The van der Waals surface area contributed by atoms with Crippen LogP contribution in [0.15, 0.2) is 59.3 Å². The summed E-state index contributed by atoms with van der Waals surface area (Å²) in [6, 6.07) is 15.2. The van der Waals surface area contributed by atoms with Crippen LogP contribution in [0.2, 0.25) is 0 Å². The van der Waals surface area contributed by atoms with Crippen LogP contribution in [-0.2, 0) is 6.61 Å². The van der Waals surface area contributed by atoms with Crippen LogP contribution in [0.4, 0.5) is 11.6 Å². The van der Waals surface area contributed by atoms with Crippen LogP contribution < -0.4 is 5.32 Å². The molecule has 6 heteroatoms. The van der Waals surface area contributed by atoms with Gasteiger partial charge in [-0.1, -0.05) is 40.2 Å². The van der Waals surface area contributed by atoms with E-state index in [1.54, 1.807) is 0 Å². The van der Waals surface area contributed by atoms with Crippen molar-refractivity contribution in [3.05, 3.63) is 64.9 Å². The zero-order valence-corrected chi connectivity index (χ0v) is 13.2. The van der Waals surface area contributed by atoms with E-state index in [0.717, 1.165) is 21.3 Å². The van der Waals surface area contributed by atoms with E-state index < -0.39 is 0 Å². The van der Waals surface area contributed by atoms with E-state index in [4.69, 9.17) is 0 Å². The van der Waals surface area contributed by atoms with E-state index in [0.29, 0.717) is 11.8 Å². The highest BCUT2D eigenvalue weighted by Crippen LogP contribution is 2.21. The molecule has 22 heavy (non-hydrogen) atoms. The van der Waals surface area contributed by atoms with Gasteiger partial charge in [0.25, 0.3) is 0 Å². The number of anilines is 2. The Morgan fingerprint density at radius 3 is 2.73 bits per heavy atom. The van der Waals surface area contributed by atoms with Crippen molar-refractivity contribution in [2.24, 2.45) is 0 Å². The van der Waals surface area contributed by atoms with Gasteiger partial charge in [-0.25, -0.2) is 9.97 Å². The van der Waals surface area contributed by atoms with Crippen molar-refractivity contribution < 1.29 is 5.11 Å². The summed E-state index contributed by atoms with van der Waals surface area (Å²) in [5.41, 5.74) is 2.55. The highest BCUT2D eigenvalue weighted by molar-refractivity contribution is 9.10. The van der Waals surface area contributed by atoms with Crippen molar-refractivity contribution >= 4 is 27.6 Å². The molecule has 3 aromatic rings. The minimum absolute atomic E-state index is 0.00395. The molecule has 0 saturated heterocycles. The lowest BCUT2D eigenvalue weighted by Crippen LogP contribution is -2.00. The van der Waals surface area contributed by atoms with Crippen LogP contribution in [0.25, 0.3) is 11.4 Å². The quantitative estimate of drug-likeness (QED) is 0.747. The molecular formula is C16H13BrN4O. The molecule has 0 aliphatic heterocycles. The van der Waals surface area contributed by atoms with Gasteiger partial charge in [0, 0.05) is 15.7 Å². The minimum Gasteiger partial charge on any atom is -0.392 e. The second-order valence-corrected chi connectivity index (χ2v) is 5.54. The number of aliphatic hydroxyl groups is 1. The first-order valence-corrected chi connectivity index (χ1v) is 7.46. The van der Waals surface area contributed by atoms with Gasteiger partial charge in [0.05, 0.1) is 6.61 Å². The van der Waals surface area contributed by atoms with Gasteiger partial charge >= 0.3 is 0 Å². The summed E-state index contributed by atoms with van der Waals surface area (Å²) < 4.78 is 0.968. The molecule has 0 unspecified atom stereocenters. The van der Waals surface area contributed by atoms with Gasteiger partial charge in [0.15, 0.2) is 5.82 Å². The third-order valence-electron chi connectivity index (χ3n) is 3.02. The van der Waals surface area contributed by atoms with Crippen molar-refractivity contribution in [1.82, 2.24) is 15.0 Å². The maximum absolute atomic E-state index is 9.17. The maximum Gasteiger partial charge on any atom is 0.230 e. The molecule has 1 aromatic heterocycles. The number of halogens is 1. The Morgan fingerprint density at radius 1 is 1.05 bits per heavy atom. The number of nitrogens with one attached hydrogen (secondary N) is 1. The zero-order chi connectivity index (χ0) is 15.4. The average molecular weight is 357 g/mol. The van der Waals surface area contributed by atoms with Crippen molar-refractivity contribution in [3.8, 4) is 11.4 Å². The molecule has 0 radical (unpaired) electrons. The Hall–Kier alpha value is -2.31. The third-order valence-corrected chi connectivity index (χ3v) is 3.51. The first-order chi connectivity index (χ1) is 10.7. The van der Waals surface area contributed by atoms with Gasteiger partial charge in [-0.05, 0) is 29.8 Å². The van der Waals surface area contributed by atoms with E-state index in [-0.39, 0.29) is 6.61 Å². The first-order valence-electron chi connectivity index (χ1n) is 6.66. The van der Waals surface area contributed by atoms with Crippen molar-refractivity contribution in [1.29, 1.82) is 0 Å². The number of hydrogen-bond acceptors (Lipinski definition) is 5. The summed E-state index contributed by atoms with van der Waals surface area (Å²) in [4.78, 5) is 12.8. The summed E-state index contributed by atoms with van der Waals surface area (Å²) in [6.07, 6.45) is 1.47. The Kier molecular flexibility index (Phi) is 4.41. The van der Waals surface area contributed by atoms with E-state index in [2.05, 4.69) is 36.2 Å². The summed E-state index contributed by atoms with van der Waals surface area (Å²) in [5, 5.41) is 12.3. The molecule has 0 spiro atoms. The molecule has 0 saturated carbocycles. The second kappa shape index (κ2) is 6.64. The van der Waals surface area contributed by atoms with Gasteiger partial charge in [-0.2, -0.15) is 4.98 Å². The molecule has 0 aliphatic rings. The number of aliphatic hydroxyl groups excluding tert-OH is 1. The van der Waals surface area contributed by atoms with Crippen molar-refractivity contribution in [2.75, 3.05) is 5.32 Å². The molecule has 2 aromatic carbocycles. The lowest BCUT2D eigenvalue weighted by molar-refractivity contribution is 0.282. The van der Waals surface area contributed by atoms with Gasteiger partial charge in [0.2, 0.25) is 5.95 Å². The zero-order valence-electron chi connectivity index (χ0n) is 11.6. The van der Waals surface area contributed by atoms with E-state index in [1.165, 1.54) is 6.33 Å². The average Bonchev–Trinajstić information content (AvgIpc) is 2.55. The molecule has 3 rings (SSSR count). The molecular weight excluding hydrogens is 344 g/mol. The lowest BCUT2D eigenvalue weighted by atomic mass is 10.2. The normalized spacial score (nSPS) is 10.5. The summed E-state index contributed by atoms with van der Waals surface area (Å²) in [7, 11) is 0. The fraction of sp³-hybridized carbons (Fsp3) is 0.0625. The maximum atomic E-state index is 9.17. The van der Waals surface area contributed by atoms with Crippen LogP contribution in [-0.4, -0.2) is 20.1 Å². The van der Waals surface area contributed by atoms with E-state index >= 15 is 0 Å². The van der Waals surface area contributed by atoms with Gasteiger partial charge in [-0.15, -0.1) is 0 Å². The molecule has 1 heterocycles. The Labute approximate surface area is 136 Å². The molecule has 0 atom stereocenters. The molecule has 0 fully saturated rings. The smallest absolute Gasteiger partial charge is 0.230 e.